The van der Waals surface area contributed by atoms with Crippen molar-refractivity contribution in [2.45, 2.75) is 53.4 Å². The molecule has 3 N–H and O–H groups in total. The van der Waals surface area contributed by atoms with Gasteiger partial charge in [0.2, 0.25) is 0 Å². The van der Waals surface area contributed by atoms with Crippen molar-refractivity contribution in [1.82, 2.24) is 0 Å². The van der Waals surface area contributed by atoms with E-state index in [1.54, 1.807) is 0 Å². The summed E-state index contributed by atoms with van der Waals surface area (Å²) in [6.07, 6.45) is 1.67. The predicted molar refractivity (Wildman–Crippen MR) is 87.2 cm³/mol. The first kappa shape index (κ1) is 17.3. The maximum Gasteiger partial charge on any atom is 0.144 e. The fraction of sp³-hybridized carbons (Fsp3) is 0.588. The molecule has 0 unspecified atom stereocenters. The van der Waals surface area contributed by atoms with Crippen LogP contribution in [-0.2, 0) is 0 Å². The van der Waals surface area contributed by atoms with Crippen molar-refractivity contribution < 1.29 is 9.94 Å². The molecule has 1 aromatic carbocycles. The molecule has 4 heteroatoms. The van der Waals surface area contributed by atoms with Gasteiger partial charge in [-0.05, 0) is 48.9 Å². The molecule has 0 saturated carbocycles. The minimum atomic E-state index is -0.310. The second kappa shape index (κ2) is 7.34. The van der Waals surface area contributed by atoms with Crippen molar-refractivity contribution in [3.05, 3.63) is 29.3 Å². The number of nitrogens with zero attached hydrogens (tertiary/aromatic N) is 1. The number of nitrogens with two attached hydrogens (primary N) is 1. The van der Waals surface area contributed by atoms with E-state index in [4.69, 9.17) is 15.7 Å². The molecule has 0 fully saturated rings. The minimum absolute atomic E-state index is 0.264. The number of aryl methyl sites for hydroxylation is 1. The van der Waals surface area contributed by atoms with Gasteiger partial charge in [-0.15, -0.1) is 0 Å². The lowest BCUT2D eigenvalue weighted by Gasteiger charge is -2.22. The Morgan fingerprint density at radius 1 is 1.38 bits per heavy atom. The molecule has 0 bridgehead atoms. The third kappa shape index (κ3) is 4.96. The van der Waals surface area contributed by atoms with Gasteiger partial charge < -0.3 is 15.7 Å². The topological polar surface area (TPSA) is 67.8 Å². The van der Waals surface area contributed by atoms with Crippen LogP contribution >= 0.6 is 0 Å². The van der Waals surface area contributed by atoms with Crippen molar-refractivity contribution in [1.29, 1.82) is 0 Å². The monoisotopic (exact) mass is 292 g/mol. The van der Waals surface area contributed by atoms with Crippen LogP contribution < -0.4 is 10.5 Å². The Labute approximate surface area is 128 Å². The Bertz CT molecular complexity index is 494. The quantitative estimate of drug-likeness (QED) is 0.262. The zero-order valence-electron chi connectivity index (χ0n) is 13.8. The first-order valence-corrected chi connectivity index (χ1v) is 7.49. The summed E-state index contributed by atoms with van der Waals surface area (Å²) in [5.74, 6) is 1.69. The Kier molecular flexibility index (Phi) is 6.06. The molecule has 0 saturated heterocycles. The number of benzene rings is 1. The lowest BCUT2D eigenvalue weighted by molar-refractivity contribution is 0.277. The first-order valence-electron chi connectivity index (χ1n) is 7.49. The molecule has 0 atom stereocenters. The van der Waals surface area contributed by atoms with Gasteiger partial charge in [0.05, 0.1) is 6.61 Å². The van der Waals surface area contributed by atoms with E-state index in [0.717, 1.165) is 18.6 Å². The first-order chi connectivity index (χ1) is 9.77. The molecule has 118 valence electrons. The molecule has 0 aromatic heterocycles. The SMILES string of the molecule is Cc1cc(OCCCC(C)(C)C(N)=NO)ccc1C(C)C. The smallest absolute Gasteiger partial charge is 0.144 e. The highest BCUT2D eigenvalue weighted by Crippen LogP contribution is 2.25. The van der Waals surface area contributed by atoms with Crippen LogP contribution in [-0.4, -0.2) is 17.6 Å². The van der Waals surface area contributed by atoms with Crippen molar-refractivity contribution in [2.24, 2.45) is 16.3 Å². The highest BCUT2D eigenvalue weighted by molar-refractivity contribution is 5.85. The summed E-state index contributed by atoms with van der Waals surface area (Å²) in [5.41, 5.74) is 7.98. The van der Waals surface area contributed by atoms with E-state index in [9.17, 15) is 0 Å². The summed E-state index contributed by atoms with van der Waals surface area (Å²) in [6, 6.07) is 6.25. The lowest BCUT2D eigenvalue weighted by Crippen LogP contribution is -2.32. The standard InChI is InChI=1S/C17H28N2O2/c1-12(2)15-8-7-14(11-13(15)3)21-10-6-9-17(4,5)16(18)19-20/h7-8,11-12,20H,6,9-10H2,1-5H3,(H2,18,19). The number of ether oxygens (including phenoxy) is 1. The molecule has 0 radical (unpaired) electrons. The van der Waals surface area contributed by atoms with Crippen LogP contribution in [0.4, 0.5) is 0 Å². The summed E-state index contributed by atoms with van der Waals surface area (Å²) in [7, 11) is 0. The zero-order chi connectivity index (χ0) is 16.0. The summed E-state index contributed by atoms with van der Waals surface area (Å²) >= 11 is 0. The van der Waals surface area contributed by atoms with Gasteiger partial charge in [-0.3, -0.25) is 0 Å². The van der Waals surface area contributed by atoms with Crippen LogP contribution in [0.1, 0.15) is 57.6 Å². The second-order valence-electron chi connectivity index (χ2n) is 6.49. The third-order valence-corrected chi connectivity index (χ3v) is 3.88. The van der Waals surface area contributed by atoms with Crippen LogP contribution in [0.15, 0.2) is 23.4 Å². The van der Waals surface area contributed by atoms with Gasteiger partial charge in [-0.1, -0.05) is 38.9 Å². The normalized spacial score (nSPS) is 12.8. The van der Waals surface area contributed by atoms with Gasteiger partial charge in [-0.25, -0.2) is 0 Å². The second-order valence-corrected chi connectivity index (χ2v) is 6.49. The molecule has 0 aliphatic heterocycles. The molecule has 0 heterocycles. The van der Waals surface area contributed by atoms with Gasteiger partial charge in [0.15, 0.2) is 0 Å². The molecular formula is C17H28N2O2. The maximum absolute atomic E-state index is 8.74. The highest BCUT2D eigenvalue weighted by Gasteiger charge is 2.22. The van der Waals surface area contributed by atoms with Gasteiger partial charge in [0.25, 0.3) is 0 Å². The summed E-state index contributed by atoms with van der Waals surface area (Å²) in [5, 5.41) is 11.8. The summed E-state index contributed by atoms with van der Waals surface area (Å²) < 4.78 is 5.79. The molecule has 0 spiro atoms. The average molecular weight is 292 g/mol. The van der Waals surface area contributed by atoms with E-state index in [1.807, 2.05) is 19.9 Å². The number of hydrogen-bond acceptors (Lipinski definition) is 3. The largest absolute Gasteiger partial charge is 0.494 e. The fourth-order valence-electron chi connectivity index (χ4n) is 2.35. The van der Waals surface area contributed by atoms with Gasteiger partial charge in [0.1, 0.15) is 11.6 Å². The third-order valence-electron chi connectivity index (χ3n) is 3.88. The fourth-order valence-corrected chi connectivity index (χ4v) is 2.35. The molecule has 0 amide bonds. The zero-order valence-corrected chi connectivity index (χ0v) is 13.8. The van der Waals surface area contributed by atoms with E-state index in [0.29, 0.717) is 12.5 Å². The molecule has 0 aliphatic rings. The van der Waals surface area contributed by atoms with Crippen molar-refractivity contribution >= 4 is 5.84 Å². The van der Waals surface area contributed by atoms with Crippen LogP contribution in [0.2, 0.25) is 0 Å². The van der Waals surface area contributed by atoms with E-state index in [-0.39, 0.29) is 11.3 Å². The number of hydrogen-bond donors (Lipinski definition) is 2. The maximum atomic E-state index is 8.74. The highest BCUT2D eigenvalue weighted by atomic mass is 16.5. The van der Waals surface area contributed by atoms with Crippen LogP contribution in [0, 0.1) is 12.3 Å². The molecule has 1 aromatic rings. The van der Waals surface area contributed by atoms with Crippen LogP contribution in [0.3, 0.4) is 0 Å². The van der Waals surface area contributed by atoms with Gasteiger partial charge in [-0.2, -0.15) is 0 Å². The Morgan fingerprint density at radius 3 is 2.57 bits per heavy atom. The number of amidine groups is 1. The van der Waals surface area contributed by atoms with Crippen molar-refractivity contribution in [2.75, 3.05) is 6.61 Å². The number of rotatable bonds is 7. The van der Waals surface area contributed by atoms with Crippen LogP contribution in [0.5, 0.6) is 5.75 Å². The minimum Gasteiger partial charge on any atom is -0.494 e. The number of oxime groups is 1. The van der Waals surface area contributed by atoms with E-state index < -0.39 is 0 Å². The van der Waals surface area contributed by atoms with Gasteiger partial charge in [0, 0.05) is 5.41 Å². The summed E-state index contributed by atoms with van der Waals surface area (Å²) in [4.78, 5) is 0. The lowest BCUT2D eigenvalue weighted by atomic mass is 9.87. The molecule has 21 heavy (non-hydrogen) atoms. The molecular weight excluding hydrogens is 264 g/mol. The molecule has 1 rings (SSSR count). The van der Waals surface area contributed by atoms with E-state index in [2.05, 4.69) is 38.1 Å². The van der Waals surface area contributed by atoms with E-state index in [1.165, 1.54) is 11.1 Å². The van der Waals surface area contributed by atoms with Crippen LogP contribution in [0.25, 0.3) is 0 Å². The Balaban J connectivity index is 2.49. The average Bonchev–Trinajstić information content (AvgIpc) is 2.42. The predicted octanol–water partition coefficient (Wildman–Crippen LogP) is 4.05. The van der Waals surface area contributed by atoms with Crippen molar-refractivity contribution in [3.8, 4) is 5.75 Å². The Hall–Kier alpha value is -1.71. The Morgan fingerprint density at radius 2 is 2.05 bits per heavy atom. The van der Waals surface area contributed by atoms with E-state index >= 15 is 0 Å². The summed E-state index contributed by atoms with van der Waals surface area (Å²) in [6.45, 7) is 11.1. The van der Waals surface area contributed by atoms with Crippen molar-refractivity contribution in [3.63, 3.8) is 0 Å². The molecule has 0 aliphatic carbocycles. The van der Waals surface area contributed by atoms with Gasteiger partial charge >= 0.3 is 0 Å². The molecule has 4 nitrogen and oxygen atoms in total.